The van der Waals surface area contributed by atoms with Crippen molar-refractivity contribution in [2.24, 2.45) is 0 Å². The normalized spacial score (nSPS) is 11.2. The van der Waals surface area contributed by atoms with Gasteiger partial charge in [0.15, 0.2) is 0 Å². The second-order valence-corrected chi connectivity index (χ2v) is 4.43. The van der Waals surface area contributed by atoms with E-state index in [-0.39, 0.29) is 5.56 Å². The molecule has 4 rings (SSSR count). The van der Waals surface area contributed by atoms with Gasteiger partial charge in [0.2, 0.25) is 0 Å². The molecule has 2 aromatic carbocycles. The molecule has 0 amide bonds. The van der Waals surface area contributed by atoms with Crippen molar-refractivity contribution in [2.75, 3.05) is 0 Å². The van der Waals surface area contributed by atoms with Gasteiger partial charge < -0.3 is 0 Å². The van der Waals surface area contributed by atoms with Crippen LogP contribution in [0.1, 0.15) is 0 Å². The number of nitrogens with one attached hydrogen (secondary N) is 1. The van der Waals surface area contributed by atoms with Gasteiger partial charge >= 0.3 is 11.3 Å². The van der Waals surface area contributed by atoms with Crippen LogP contribution in [0.5, 0.6) is 0 Å². The molecule has 20 heavy (non-hydrogen) atoms. The summed E-state index contributed by atoms with van der Waals surface area (Å²) >= 11 is 0. The Balaban J connectivity index is 2.27. The highest BCUT2D eigenvalue weighted by Gasteiger charge is 2.20. The topological polar surface area (TPSA) is 67.7 Å². The van der Waals surface area contributed by atoms with E-state index >= 15 is 0 Å². The third-order valence-electron chi connectivity index (χ3n) is 3.28. The number of aromatic nitrogens is 5. The predicted octanol–water partition coefficient (Wildman–Crippen LogP) is 0.847. The molecule has 0 fully saturated rings. The molecule has 96 valence electrons. The lowest BCUT2D eigenvalue weighted by Crippen LogP contribution is -2.35. The quantitative estimate of drug-likeness (QED) is 0.518. The Morgan fingerprint density at radius 1 is 1.00 bits per heavy atom. The fraction of sp³-hybridized carbons (Fsp3) is 0. The first kappa shape index (κ1) is 10.9. The highest BCUT2D eigenvalue weighted by Crippen LogP contribution is 2.10. The SMILES string of the molecule is O=c1c2ccccc2[n+]2[nH]nnc2n1-c1ccccc1. The second kappa shape index (κ2) is 3.99. The summed E-state index contributed by atoms with van der Waals surface area (Å²) in [6.07, 6.45) is 0. The van der Waals surface area contributed by atoms with Crippen molar-refractivity contribution in [1.82, 2.24) is 20.1 Å². The monoisotopic (exact) mass is 264 g/mol. The lowest BCUT2D eigenvalue weighted by atomic mass is 10.2. The van der Waals surface area contributed by atoms with Crippen molar-refractivity contribution >= 4 is 16.7 Å². The van der Waals surface area contributed by atoms with Crippen molar-refractivity contribution in [2.45, 2.75) is 0 Å². The van der Waals surface area contributed by atoms with Crippen LogP contribution in [0.15, 0.2) is 59.4 Å². The Labute approximate surface area is 112 Å². The maximum atomic E-state index is 12.7. The lowest BCUT2D eigenvalue weighted by molar-refractivity contribution is -0.557. The van der Waals surface area contributed by atoms with Crippen molar-refractivity contribution in [3.63, 3.8) is 0 Å². The van der Waals surface area contributed by atoms with Gasteiger partial charge in [-0.15, -0.1) is 4.52 Å². The molecular formula is C14H10N5O+. The van der Waals surface area contributed by atoms with E-state index in [0.29, 0.717) is 11.2 Å². The number of benzene rings is 2. The third kappa shape index (κ3) is 1.38. The molecule has 0 bridgehead atoms. The van der Waals surface area contributed by atoms with E-state index in [1.54, 1.807) is 15.1 Å². The van der Waals surface area contributed by atoms with E-state index in [1.807, 2.05) is 48.5 Å². The zero-order valence-corrected chi connectivity index (χ0v) is 10.4. The highest BCUT2D eigenvalue weighted by atomic mass is 16.1. The molecule has 4 aromatic rings. The molecule has 1 N–H and O–H groups in total. The Hall–Kier alpha value is -3.02. The fourth-order valence-corrected chi connectivity index (χ4v) is 2.38. The van der Waals surface area contributed by atoms with Crippen LogP contribution in [-0.2, 0) is 0 Å². The van der Waals surface area contributed by atoms with Crippen molar-refractivity contribution in [3.05, 3.63) is 65.0 Å². The van der Waals surface area contributed by atoms with E-state index in [0.717, 1.165) is 11.2 Å². The van der Waals surface area contributed by atoms with Crippen LogP contribution in [0.2, 0.25) is 0 Å². The molecule has 0 aliphatic rings. The number of aromatic amines is 1. The number of nitrogens with zero attached hydrogens (tertiary/aromatic N) is 4. The Bertz CT molecular complexity index is 971. The van der Waals surface area contributed by atoms with E-state index < -0.39 is 0 Å². The number of H-pyrrole nitrogens is 1. The Morgan fingerprint density at radius 2 is 1.75 bits per heavy atom. The molecule has 0 aliphatic carbocycles. The zero-order chi connectivity index (χ0) is 13.5. The average Bonchev–Trinajstić information content (AvgIpc) is 2.98. The predicted molar refractivity (Wildman–Crippen MR) is 72.6 cm³/mol. The van der Waals surface area contributed by atoms with Gasteiger partial charge in [-0.2, -0.15) is 4.57 Å². The molecule has 6 nitrogen and oxygen atoms in total. The molecule has 0 saturated heterocycles. The van der Waals surface area contributed by atoms with Crippen molar-refractivity contribution in [1.29, 1.82) is 0 Å². The zero-order valence-electron chi connectivity index (χ0n) is 10.4. The molecule has 2 heterocycles. The van der Waals surface area contributed by atoms with Gasteiger partial charge in [0.1, 0.15) is 10.7 Å². The van der Waals surface area contributed by atoms with Crippen LogP contribution < -0.4 is 10.1 Å². The lowest BCUT2D eigenvalue weighted by Gasteiger charge is -2.03. The van der Waals surface area contributed by atoms with Crippen LogP contribution >= 0.6 is 0 Å². The first-order valence-electron chi connectivity index (χ1n) is 6.18. The summed E-state index contributed by atoms with van der Waals surface area (Å²) in [5, 5.41) is 11.2. The number of rotatable bonds is 1. The minimum absolute atomic E-state index is 0.110. The highest BCUT2D eigenvalue weighted by molar-refractivity contribution is 5.75. The van der Waals surface area contributed by atoms with Gasteiger partial charge in [0.05, 0.1) is 16.2 Å². The Kier molecular flexibility index (Phi) is 2.17. The van der Waals surface area contributed by atoms with E-state index in [4.69, 9.17) is 0 Å². The van der Waals surface area contributed by atoms with Gasteiger partial charge in [0, 0.05) is 0 Å². The first-order chi connectivity index (χ1) is 9.86. The van der Waals surface area contributed by atoms with E-state index in [9.17, 15) is 4.79 Å². The minimum atomic E-state index is -0.110. The summed E-state index contributed by atoms with van der Waals surface area (Å²) < 4.78 is 3.25. The largest absolute Gasteiger partial charge is 0.419 e. The van der Waals surface area contributed by atoms with Crippen LogP contribution in [-0.4, -0.2) is 20.1 Å². The second-order valence-electron chi connectivity index (χ2n) is 4.43. The number of fused-ring (bicyclic) bond motifs is 3. The summed E-state index contributed by atoms with van der Waals surface area (Å²) in [6, 6.07) is 16.8. The van der Waals surface area contributed by atoms with E-state index in [2.05, 4.69) is 15.5 Å². The molecule has 0 unspecified atom stereocenters. The maximum Gasteiger partial charge on any atom is 0.419 e. The van der Waals surface area contributed by atoms with Gasteiger partial charge in [0.25, 0.3) is 0 Å². The third-order valence-corrected chi connectivity index (χ3v) is 3.28. The summed E-state index contributed by atoms with van der Waals surface area (Å²) in [7, 11) is 0. The van der Waals surface area contributed by atoms with Gasteiger partial charge in [-0.3, -0.25) is 4.79 Å². The average molecular weight is 264 g/mol. The molecule has 0 saturated carbocycles. The molecule has 0 atom stereocenters. The maximum absolute atomic E-state index is 12.7. The van der Waals surface area contributed by atoms with Crippen molar-refractivity contribution < 1.29 is 4.52 Å². The van der Waals surface area contributed by atoms with Gasteiger partial charge in [-0.05, 0) is 24.3 Å². The summed E-state index contributed by atoms with van der Waals surface area (Å²) in [5.41, 5.74) is 1.40. The fourth-order valence-electron chi connectivity index (χ4n) is 2.38. The first-order valence-corrected chi connectivity index (χ1v) is 6.18. The molecule has 0 spiro atoms. The number of hydrogen-bond donors (Lipinski definition) is 1. The van der Waals surface area contributed by atoms with Crippen LogP contribution in [0.25, 0.3) is 22.4 Å². The van der Waals surface area contributed by atoms with Gasteiger partial charge in [-0.25, -0.2) is 0 Å². The van der Waals surface area contributed by atoms with Gasteiger partial charge in [-0.1, -0.05) is 35.5 Å². The Morgan fingerprint density at radius 3 is 2.60 bits per heavy atom. The summed E-state index contributed by atoms with van der Waals surface area (Å²) in [5.74, 6) is 0.458. The smallest absolute Gasteiger partial charge is 0.254 e. The number of para-hydroxylation sites is 2. The number of tetrazole rings is 1. The standard InChI is InChI=1S/C14H9N5O/c20-13-11-8-4-5-9-12(11)19-14(15-16-17-19)18(13)10-6-2-1-3-7-10/h1-9H/p+1. The van der Waals surface area contributed by atoms with E-state index in [1.165, 1.54) is 0 Å². The van der Waals surface area contributed by atoms with Crippen LogP contribution in [0, 0.1) is 0 Å². The molecule has 0 aliphatic heterocycles. The molecular weight excluding hydrogens is 254 g/mol. The number of hydrogen-bond acceptors (Lipinski definition) is 3. The molecule has 2 aromatic heterocycles. The summed E-state index contributed by atoms with van der Waals surface area (Å²) in [6.45, 7) is 0. The molecule has 0 radical (unpaired) electrons. The van der Waals surface area contributed by atoms with Crippen molar-refractivity contribution in [3.8, 4) is 5.69 Å². The summed E-state index contributed by atoms with van der Waals surface area (Å²) in [4.78, 5) is 12.7. The van der Waals surface area contributed by atoms with Crippen LogP contribution in [0.3, 0.4) is 0 Å². The molecule has 6 heteroatoms. The minimum Gasteiger partial charge on any atom is -0.254 e. The van der Waals surface area contributed by atoms with Crippen LogP contribution in [0.4, 0.5) is 0 Å².